The second-order valence-corrected chi connectivity index (χ2v) is 6.27. The first-order valence-corrected chi connectivity index (χ1v) is 7.72. The summed E-state index contributed by atoms with van der Waals surface area (Å²) in [5.41, 5.74) is 1.28. The summed E-state index contributed by atoms with van der Waals surface area (Å²) < 4.78 is 0. The average Bonchev–Trinajstić information content (AvgIpc) is 2.98. The molecule has 1 aromatic heterocycles. The minimum Gasteiger partial charge on any atom is -0.303 e. The van der Waals surface area contributed by atoms with Gasteiger partial charge in [-0.2, -0.15) is 11.3 Å². The van der Waals surface area contributed by atoms with Crippen LogP contribution in [0, 0.1) is 0 Å². The average molecular weight is 278 g/mol. The third-order valence-electron chi connectivity index (χ3n) is 3.70. The maximum atomic E-state index is 12.2. The lowest BCUT2D eigenvalue weighted by molar-refractivity contribution is -0.139. The van der Waals surface area contributed by atoms with E-state index in [1.807, 2.05) is 0 Å². The fraction of sp³-hybridized carbons (Fsp3) is 0.571. The van der Waals surface area contributed by atoms with Crippen molar-refractivity contribution in [1.82, 2.24) is 10.2 Å². The van der Waals surface area contributed by atoms with Gasteiger partial charge in [-0.1, -0.05) is 0 Å². The first kappa shape index (κ1) is 12.8. The Morgan fingerprint density at radius 3 is 2.89 bits per heavy atom. The van der Waals surface area contributed by atoms with Gasteiger partial charge in [-0.3, -0.25) is 14.5 Å². The van der Waals surface area contributed by atoms with Gasteiger partial charge in [0.2, 0.25) is 11.8 Å². The van der Waals surface area contributed by atoms with Crippen molar-refractivity contribution >= 4 is 23.2 Å². The number of thiophene rings is 1. The Labute approximate surface area is 116 Å². The van der Waals surface area contributed by atoms with E-state index in [-0.39, 0.29) is 29.9 Å². The molecule has 0 spiro atoms. The minimum atomic E-state index is -0.318. The molecule has 3 rings (SSSR count). The highest BCUT2D eigenvalue weighted by Crippen LogP contribution is 2.31. The summed E-state index contributed by atoms with van der Waals surface area (Å²) >= 11 is 1.68. The van der Waals surface area contributed by atoms with E-state index in [4.69, 9.17) is 0 Å². The zero-order valence-corrected chi connectivity index (χ0v) is 11.8. The number of carbonyl (C=O) groups excluding carboxylic acids is 2. The Kier molecular flexibility index (Phi) is 3.41. The van der Waals surface area contributed by atoms with Crippen LogP contribution in [0.2, 0.25) is 0 Å². The van der Waals surface area contributed by atoms with Crippen molar-refractivity contribution in [3.8, 4) is 0 Å². The molecule has 19 heavy (non-hydrogen) atoms. The Bertz CT molecular complexity index is 482. The molecule has 2 fully saturated rings. The van der Waals surface area contributed by atoms with E-state index in [1.54, 1.807) is 11.3 Å². The number of hydrogen-bond donors (Lipinski definition) is 1. The fourth-order valence-electron chi connectivity index (χ4n) is 2.66. The molecular weight excluding hydrogens is 260 g/mol. The van der Waals surface area contributed by atoms with Gasteiger partial charge in [0.25, 0.3) is 0 Å². The van der Waals surface area contributed by atoms with Crippen LogP contribution in [-0.4, -0.2) is 34.8 Å². The molecule has 4 nitrogen and oxygen atoms in total. The summed E-state index contributed by atoms with van der Waals surface area (Å²) in [6, 6.07) is 2.18. The summed E-state index contributed by atoms with van der Waals surface area (Å²) in [6.45, 7) is 2.06. The largest absolute Gasteiger partial charge is 0.303 e. The van der Waals surface area contributed by atoms with Gasteiger partial charge in [0, 0.05) is 12.1 Å². The van der Waals surface area contributed by atoms with Gasteiger partial charge < -0.3 is 5.32 Å². The molecule has 2 aliphatic rings. The molecule has 2 unspecified atom stereocenters. The van der Waals surface area contributed by atoms with Gasteiger partial charge in [-0.05, 0) is 48.6 Å². The van der Waals surface area contributed by atoms with Crippen LogP contribution in [0.5, 0.6) is 0 Å². The summed E-state index contributed by atoms with van der Waals surface area (Å²) in [4.78, 5) is 25.5. The van der Waals surface area contributed by atoms with Gasteiger partial charge in [0.1, 0.15) is 0 Å². The van der Waals surface area contributed by atoms with Gasteiger partial charge in [-0.15, -0.1) is 0 Å². The van der Waals surface area contributed by atoms with Gasteiger partial charge in [-0.25, -0.2) is 0 Å². The van der Waals surface area contributed by atoms with E-state index >= 15 is 0 Å². The molecule has 1 aromatic rings. The van der Waals surface area contributed by atoms with E-state index in [1.165, 1.54) is 10.5 Å². The molecule has 1 aliphatic heterocycles. The molecule has 0 bridgehead atoms. The first-order chi connectivity index (χ1) is 9.15. The standard InChI is InChI=1S/C14H18N2O2S/c1-9(6-10-4-5-19-8-10)15-12-7-13(17)16(14(12)18)11-2-3-11/h4-5,8-9,11-12,15H,2-3,6-7H2,1H3. The summed E-state index contributed by atoms with van der Waals surface area (Å²) in [5, 5.41) is 7.48. The quantitative estimate of drug-likeness (QED) is 0.832. The maximum absolute atomic E-state index is 12.2. The van der Waals surface area contributed by atoms with Crippen molar-refractivity contribution in [2.75, 3.05) is 0 Å². The lowest BCUT2D eigenvalue weighted by Gasteiger charge is -2.18. The number of nitrogens with one attached hydrogen (secondary N) is 1. The van der Waals surface area contributed by atoms with Crippen molar-refractivity contribution in [1.29, 1.82) is 0 Å². The molecule has 5 heteroatoms. The predicted molar refractivity (Wildman–Crippen MR) is 73.9 cm³/mol. The zero-order valence-electron chi connectivity index (χ0n) is 11.0. The molecule has 1 aliphatic carbocycles. The van der Waals surface area contributed by atoms with Crippen LogP contribution in [-0.2, 0) is 16.0 Å². The monoisotopic (exact) mass is 278 g/mol. The highest BCUT2D eigenvalue weighted by molar-refractivity contribution is 7.07. The third kappa shape index (κ3) is 2.72. The Balaban J connectivity index is 1.58. The van der Waals surface area contributed by atoms with E-state index in [0.29, 0.717) is 6.42 Å². The number of rotatable bonds is 5. The summed E-state index contributed by atoms with van der Waals surface area (Å²) in [7, 11) is 0. The summed E-state index contributed by atoms with van der Waals surface area (Å²) in [5.74, 6) is -0.0302. The predicted octanol–water partition coefficient (Wildman–Crippen LogP) is 1.56. The SMILES string of the molecule is CC(Cc1ccsc1)NC1CC(=O)N(C2CC2)C1=O. The number of likely N-dealkylation sites (tertiary alicyclic amines) is 1. The van der Waals surface area contributed by atoms with Gasteiger partial charge in [0.05, 0.1) is 12.5 Å². The number of amides is 2. The third-order valence-corrected chi connectivity index (χ3v) is 4.43. The van der Waals surface area contributed by atoms with Crippen LogP contribution in [0.15, 0.2) is 16.8 Å². The second-order valence-electron chi connectivity index (χ2n) is 5.49. The molecule has 2 atom stereocenters. The van der Waals surface area contributed by atoms with Crippen molar-refractivity contribution in [3.63, 3.8) is 0 Å². The van der Waals surface area contributed by atoms with Crippen LogP contribution in [0.3, 0.4) is 0 Å². The number of imide groups is 1. The highest BCUT2D eigenvalue weighted by Gasteiger charge is 2.46. The Hall–Kier alpha value is -1.20. The number of nitrogens with zero attached hydrogens (tertiary/aromatic N) is 1. The van der Waals surface area contributed by atoms with Crippen molar-refractivity contribution in [3.05, 3.63) is 22.4 Å². The van der Waals surface area contributed by atoms with E-state index in [2.05, 4.69) is 29.1 Å². The second kappa shape index (κ2) is 5.06. The minimum absolute atomic E-state index is 0.00673. The number of carbonyl (C=O) groups is 2. The molecule has 0 radical (unpaired) electrons. The van der Waals surface area contributed by atoms with Gasteiger partial charge in [0.15, 0.2) is 0 Å². The Morgan fingerprint density at radius 1 is 1.47 bits per heavy atom. The molecular formula is C14H18N2O2S. The van der Waals surface area contributed by atoms with E-state index in [0.717, 1.165) is 19.3 Å². The maximum Gasteiger partial charge on any atom is 0.247 e. The van der Waals surface area contributed by atoms with Crippen LogP contribution in [0.1, 0.15) is 31.7 Å². The lowest BCUT2D eigenvalue weighted by Crippen LogP contribution is -2.44. The molecule has 1 saturated carbocycles. The van der Waals surface area contributed by atoms with Crippen LogP contribution in [0.4, 0.5) is 0 Å². The molecule has 2 heterocycles. The molecule has 2 amide bonds. The lowest BCUT2D eigenvalue weighted by atomic mass is 10.1. The highest BCUT2D eigenvalue weighted by atomic mass is 32.1. The van der Waals surface area contributed by atoms with E-state index in [9.17, 15) is 9.59 Å². The number of hydrogen-bond acceptors (Lipinski definition) is 4. The normalized spacial score (nSPS) is 25.1. The first-order valence-electron chi connectivity index (χ1n) is 6.78. The molecule has 1 N–H and O–H groups in total. The topological polar surface area (TPSA) is 49.4 Å². The van der Waals surface area contributed by atoms with Crippen LogP contribution < -0.4 is 5.32 Å². The smallest absolute Gasteiger partial charge is 0.247 e. The van der Waals surface area contributed by atoms with Crippen molar-refractivity contribution in [2.45, 2.75) is 50.7 Å². The van der Waals surface area contributed by atoms with Crippen molar-refractivity contribution < 1.29 is 9.59 Å². The molecule has 1 saturated heterocycles. The molecule has 0 aromatic carbocycles. The van der Waals surface area contributed by atoms with Crippen molar-refractivity contribution in [2.24, 2.45) is 0 Å². The van der Waals surface area contributed by atoms with Crippen LogP contribution >= 0.6 is 11.3 Å². The van der Waals surface area contributed by atoms with Gasteiger partial charge >= 0.3 is 0 Å². The zero-order chi connectivity index (χ0) is 13.4. The fourth-order valence-corrected chi connectivity index (χ4v) is 3.34. The Morgan fingerprint density at radius 2 is 2.26 bits per heavy atom. The molecule has 102 valence electrons. The summed E-state index contributed by atoms with van der Waals surface area (Å²) in [6.07, 6.45) is 3.18. The van der Waals surface area contributed by atoms with Crippen LogP contribution in [0.25, 0.3) is 0 Å². The van der Waals surface area contributed by atoms with E-state index < -0.39 is 0 Å².